The first kappa shape index (κ1) is 13.3. The molecular weight excluding hydrogens is 264 g/mol. The van der Waals surface area contributed by atoms with Gasteiger partial charge in [-0.15, -0.1) is 0 Å². The molecule has 0 bridgehead atoms. The van der Waals surface area contributed by atoms with E-state index < -0.39 is 0 Å². The number of hydrogen-bond acceptors (Lipinski definition) is 5. The van der Waals surface area contributed by atoms with Crippen molar-refractivity contribution in [3.05, 3.63) is 59.6 Å². The van der Waals surface area contributed by atoms with Crippen LogP contribution in [0.25, 0.3) is 11.5 Å². The lowest BCUT2D eigenvalue weighted by Gasteiger charge is -1.99. The van der Waals surface area contributed by atoms with Crippen LogP contribution in [0.2, 0.25) is 0 Å². The molecule has 5 heteroatoms. The van der Waals surface area contributed by atoms with Crippen molar-refractivity contribution in [3.63, 3.8) is 0 Å². The summed E-state index contributed by atoms with van der Waals surface area (Å²) in [6.45, 7) is 1.98. The molecule has 0 saturated heterocycles. The molecule has 0 radical (unpaired) electrons. The molecule has 0 aliphatic heterocycles. The highest BCUT2D eigenvalue weighted by Crippen LogP contribution is 2.17. The minimum absolute atomic E-state index is 0.542. The average Bonchev–Trinajstić information content (AvgIpc) is 2.96. The Morgan fingerprint density at radius 1 is 1.10 bits per heavy atom. The summed E-state index contributed by atoms with van der Waals surface area (Å²) in [5.41, 5.74) is 9.42. The Labute approximate surface area is 122 Å². The fourth-order valence-corrected chi connectivity index (χ4v) is 2.11. The van der Waals surface area contributed by atoms with E-state index in [1.165, 1.54) is 5.56 Å². The fraction of sp³-hybridized carbons (Fsp3) is 0.188. The van der Waals surface area contributed by atoms with Crippen molar-refractivity contribution in [3.8, 4) is 11.5 Å². The Bertz CT molecular complexity index is 734. The van der Waals surface area contributed by atoms with Crippen molar-refractivity contribution in [2.75, 3.05) is 5.73 Å². The van der Waals surface area contributed by atoms with Gasteiger partial charge >= 0.3 is 0 Å². The molecule has 0 fully saturated rings. The van der Waals surface area contributed by atoms with Crippen LogP contribution in [0.1, 0.15) is 17.0 Å². The van der Waals surface area contributed by atoms with Crippen LogP contribution < -0.4 is 5.73 Å². The molecule has 1 aromatic carbocycles. The molecule has 2 heterocycles. The van der Waals surface area contributed by atoms with Gasteiger partial charge in [-0.2, -0.15) is 4.98 Å². The quantitative estimate of drug-likeness (QED) is 0.743. The Morgan fingerprint density at radius 2 is 1.90 bits per heavy atom. The van der Waals surface area contributed by atoms with Crippen molar-refractivity contribution < 1.29 is 4.52 Å². The zero-order valence-electron chi connectivity index (χ0n) is 11.8. The van der Waals surface area contributed by atoms with E-state index in [4.69, 9.17) is 10.3 Å². The molecule has 0 spiro atoms. The van der Waals surface area contributed by atoms with Gasteiger partial charge in [-0.25, -0.2) is 0 Å². The second kappa shape index (κ2) is 5.75. The Balaban J connectivity index is 1.71. The molecule has 21 heavy (non-hydrogen) atoms. The van der Waals surface area contributed by atoms with Gasteiger partial charge in [0.25, 0.3) is 0 Å². The number of nitrogens with two attached hydrogens (primary N) is 1. The van der Waals surface area contributed by atoms with Gasteiger partial charge in [0, 0.05) is 18.3 Å². The largest absolute Gasteiger partial charge is 0.399 e. The third-order valence-electron chi connectivity index (χ3n) is 3.30. The first-order valence-electron chi connectivity index (χ1n) is 6.81. The van der Waals surface area contributed by atoms with E-state index in [1.807, 2.05) is 43.3 Å². The first-order valence-corrected chi connectivity index (χ1v) is 6.81. The zero-order valence-corrected chi connectivity index (χ0v) is 11.8. The van der Waals surface area contributed by atoms with Crippen LogP contribution in [0.4, 0.5) is 5.69 Å². The highest BCUT2D eigenvalue weighted by molar-refractivity contribution is 5.53. The highest BCUT2D eigenvalue weighted by Gasteiger charge is 2.11. The monoisotopic (exact) mass is 280 g/mol. The third-order valence-corrected chi connectivity index (χ3v) is 3.30. The summed E-state index contributed by atoms with van der Waals surface area (Å²) in [6, 6.07) is 11.7. The highest BCUT2D eigenvalue weighted by atomic mass is 16.5. The van der Waals surface area contributed by atoms with Gasteiger partial charge < -0.3 is 10.3 Å². The number of nitrogens with zero attached hydrogens (tertiary/aromatic N) is 3. The second-order valence-corrected chi connectivity index (χ2v) is 4.92. The molecule has 2 aromatic heterocycles. The number of hydrogen-bond donors (Lipinski definition) is 1. The van der Waals surface area contributed by atoms with Gasteiger partial charge in [-0.05, 0) is 42.7 Å². The maximum atomic E-state index is 5.67. The minimum Gasteiger partial charge on any atom is -0.399 e. The topological polar surface area (TPSA) is 77.8 Å². The van der Waals surface area contributed by atoms with Crippen LogP contribution in [-0.2, 0) is 12.8 Å². The summed E-state index contributed by atoms with van der Waals surface area (Å²) in [7, 11) is 0. The molecule has 0 atom stereocenters. The van der Waals surface area contributed by atoms with Crippen molar-refractivity contribution in [2.45, 2.75) is 19.8 Å². The smallest absolute Gasteiger partial charge is 0.227 e. The molecule has 5 nitrogen and oxygen atoms in total. The number of nitrogen functional groups attached to an aromatic ring is 1. The van der Waals surface area contributed by atoms with Gasteiger partial charge in [0.15, 0.2) is 0 Å². The average molecular weight is 280 g/mol. The molecule has 3 rings (SSSR count). The van der Waals surface area contributed by atoms with Gasteiger partial charge in [-0.3, -0.25) is 4.98 Å². The van der Waals surface area contributed by atoms with E-state index in [2.05, 4.69) is 15.1 Å². The summed E-state index contributed by atoms with van der Waals surface area (Å²) in [6.07, 6.45) is 3.26. The fourth-order valence-electron chi connectivity index (χ4n) is 2.11. The number of pyridine rings is 1. The van der Waals surface area contributed by atoms with Crippen LogP contribution in [0.3, 0.4) is 0 Å². The Hall–Kier alpha value is -2.69. The van der Waals surface area contributed by atoms with E-state index in [0.717, 1.165) is 23.4 Å². The summed E-state index contributed by atoms with van der Waals surface area (Å²) in [4.78, 5) is 8.70. The van der Waals surface area contributed by atoms with Crippen LogP contribution in [-0.4, -0.2) is 15.1 Å². The number of aromatic nitrogens is 3. The predicted octanol–water partition coefficient (Wildman–Crippen LogP) is 2.81. The molecule has 0 amide bonds. The molecule has 3 aromatic rings. The molecule has 0 aliphatic carbocycles. The lowest BCUT2D eigenvalue weighted by atomic mass is 10.1. The van der Waals surface area contributed by atoms with E-state index in [9.17, 15) is 0 Å². The predicted molar refractivity (Wildman–Crippen MR) is 80.5 cm³/mol. The summed E-state index contributed by atoms with van der Waals surface area (Å²) in [5, 5.41) is 4.01. The summed E-state index contributed by atoms with van der Waals surface area (Å²) < 4.78 is 5.29. The van der Waals surface area contributed by atoms with Gasteiger partial charge in [0.2, 0.25) is 11.7 Å². The normalized spacial score (nSPS) is 10.7. The minimum atomic E-state index is 0.542. The maximum absolute atomic E-state index is 5.67. The summed E-state index contributed by atoms with van der Waals surface area (Å²) >= 11 is 0. The number of benzene rings is 1. The number of anilines is 1. The van der Waals surface area contributed by atoms with Crippen LogP contribution >= 0.6 is 0 Å². The van der Waals surface area contributed by atoms with Gasteiger partial charge in [0.05, 0.1) is 0 Å². The van der Waals surface area contributed by atoms with Crippen molar-refractivity contribution in [1.29, 1.82) is 0 Å². The Kier molecular flexibility index (Phi) is 3.64. The molecule has 0 unspecified atom stereocenters. The van der Waals surface area contributed by atoms with E-state index in [-0.39, 0.29) is 0 Å². The van der Waals surface area contributed by atoms with Crippen LogP contribution in [0, 0.1) is 6.92 Å². The second-order valence-electron chi connectivity index (χ2n) is 4.92. The van der Waals surface area contributed by atoms with Gasteiger partial charge in [-0.1, -0.05) is 23.4 Å². The van der Waals surface area contributed by atoms with E-state index >= 15 is 0 Å². The molecule has 0 saturated carbocycles. The van der Waals surface area contributed by atoms with E-state index in [0.29, 0.717) is 18.1 Å². The zero-order chi connectivity index (χ0) is 14.7. The Morgan fingerprint density at radius 3 is 2.67 bits per heavy atom. The van der Waals surface area contributed by atoms with Crippen molar-refractivity contribution >= 4 is 5.69 Å². The van der Waals surface area contributed by atoms with Crippen LogP contribution in [0.15, 0.2) is 47.1 Å². The molecular formula is C16H16N4O. The van der Waals surface area contributed by atoms with Crippen LogP contribution in [0.5, 0.6) is 0 Å². The standard InChI is InChI=1S/C16H16N4O/c1-11-3-2-10-18-15(11)16-19-14(21-20-16)9-6-12-4-7-13(17)8-5-12/h2-5,7-8,10H,6,9,17H2,1H3. The van der Waals surface area contributed by atoms with E-state index in [1.54, 1.807) is 6.20 Å². The maximum Gasteiger partial charge on any atom is 0.227 e. The number of aryl methyl sites for hydroxylation is 3. The van der Waals surface area contributed by atoms with Crippen molar-refractivity contribution in [2.24, 2.45) is 0 Å². The van der Waals surface area contributed by atoms with Crippen molar-refractivity contribution in [1.82, 2.24) is 15.1 Å². The number of rotatable bonds is 4. The molecule has 2 N–H and O–H groups in total. The first-order chi connectivity index (χ1) is 10.2. The third kappa shape index (κ3) is 3.08. The molecule has 106 valence electrons. The molecule has 0 aliphatic rings. The lowest BCUT2D eigenvalue weighted by molar-refractivity contribution is 0.378. The SMILES string of the molecule is Cc1cccnc1-c1noc(CCc2ccc(N)cc2)n1. The van der Waals surface area contributed by atoms with Gasteiger partial charge in [0.1, 0.15) is 5.69 Å². The lowest BCUT2D eigenvalue weighted by Crippen LogP contribution is -1.93. The summed E-state index contributed by atoms with van der Waals surface area (Å²) in [5.74, 6) is 1.16.